The number of nitrogens with zero attached hydrogens (tertiary/aromatic N) is 2. The van der Waals surface area contributed by atoms with Gasteiger partial charge in [0.1, 0.15) is 5.54 Å². The number of carbonyl (C=O) groups excluding carboxylic acids is 2. The number of piperidine rings is 1. The maximum absolute atomic E-state index is 15.3. The Hall–Kier alpha value is -2.03. The van der Waals surface area contributed by atoms with E-state index in [-0.39, 0.29) is 23.7 Å². The van der Waals surface area contributed by atoms with Gasteiger partial charge in [-0.1, -0.05) is 76.7 Å². The van der Waals surface area contributed by atoms with Crippen LogP contribution in [-0.4, -0.2) is 59.3 Å². The molecule has 3 saturated heterocycles. The minimum absolute atomic E-state index is 0.0658. The fourth-order valence-corrected chi connectivity index (χ4v) is 10.0. The number of fused-ring (bicyclic) bond motifs is 5. The number of benzene rings is 3. The molecule has 4 aliphatic rings. The van der Waals surface area contributed by atoms with E-state index in [1.807, 2.05) is 55.6 Å². The molecule has 5 nitrogen and oxygen atoms in total. The van der Waals surface area contributed by atoms with E-state index >= 15 is 4.79 Å². The summed E-state index contributed by atoms with van der Waals surface area (Å²) in [4.78, 5) is 34.3. The number of hydrogen-bond acceptors (Lipinski definition) is 5. The minimum Gasteiger partial charge on any atom is -0.324 e. The summed E-state index contributed by atoms with van der Waals surface area (Å²) in [6, 6.07) is 18.4. The number of thioether (sulfide) groups is 1. The van der Waals surface area contributed by atoms with Crippen LogP contribution in [0.2, 0.25) is 20.1 Å². The highest BCUT2D eigenvalue weighted by molar-refractivity contribution is 7.99. The van der Waals surface area contributed by atoms with Gasteiger partial charge in [0, 0.05) is 73.6 Å². The van der Waals surface area contributed by atoms with E-state index in [2.05, 4.69) is 15.1 Å². The quantitative estimate of drug-likeness (QED) is 0.299. The van der Waals surface area contributed by atoms with E-state index in [9.17, 15) is 4.79 Å². The number of rotatable bonds is 2. The largest absolute Gasteiger partial charge is 0.324 e. The fraction of sp³-hybridized carbons (Fsp3) is 0.290. The smallest absolute Gasteiger partial charge is 0.250 e. The Morgan fingerprint density at radius 1 is 0.976 bits per heavy atom. The van der Waals surface area contributed by atoms with Crippen molar-refractivity contribution in [2.45, 2.75) is 17.5 Å². The fourth-order valence-electron chi connectivity index (χ4n) is 7.72. The molecule has 4 atom stereocenters. The van der Waals surface area contributed by atoms with Crippen molar-refractivity contribution in [1.29, 1.82) is 0 Å². The van der Waals surface area contributed by atoms with E-state index in [1.54, 1.807) is 30.0 Å². The molecule has 210 valence electrons. The van der Waals surface area contributed by atoms with Gasteiger partial charge in [-0.05, 0) is 54.6 Å². The normalized spacial score (nSPS) is 30.4. The highest BCUT2D eigenvalue weighted by Gasteiger charge is 2.78. The van der Waals surface area contributed by atoms with Gasteiger partial charge < -0.3 is 10.2 Å². The van der Waals surface area contributed by atoms with Crippen molar-refractivity contribution < 1.29 is 9.59 Å². The van der Waals surface area contributed by atoms with Gasteiger partial charge in [0.25, 0.3) is 5.91 Å². The van der Waals surface area contributed by atoms with E-state index in [0.717, 1.165) is 22.6 Å². The van der Waals surface area contributed by atoms with Gasteiger partial charge in [-0.3, -0.25) is 14.5 Å². The molecule has 0 saturated carbocycles. The molecule has 1 amide bonds. The van der Waals surface area contributed by atoms with Crippen molar-refractivity contribution in [3.05, 3.63) is 103 Å². The minimum atomic E-state index is -1.24. The van der Waals surface area contributed by atoms with Crippen molar-refractivity contribution in [2.24, 2.45) is 5.41 Å². The number of likely N-dealkylation sites (N-methyl/N-ethyl adjacent to an activating group) is 1. The average Bonchev–Trinajstić information content (AvgIpc) is 3.57. The Bertz CT molecular complexity index is 1660. The third-order valence-corrected chi connectivity index (χ3v) is 11.2. The van der Waals surface area contributed by atoms with Crippen LogP contribution < -0.4 is 5.32 Å². The van der Waals surface area contributed by atoms with Crippen LogP contribution in [0.5, 0.6) is 0 Å². The lowest BCUT2D eigenvalue weighted by atomic mass is 9.55. The zero-order chi connectivity index (χ0) is 28.7. The number of Topliss-reactive ketones (excluding diaryl/α,β-unsaturated/α-hetero) is 1. The Morgan fingerprint density at radius 2 is 1.71 bits per heavy atom. The summed E-state index contributed by atoms with van der Waals surface area (Å²) in [5.41, 5.74) is 1.26. The Labute approximate surface area is 262 Å². The van der Waals surface area contributed by atoms with E-state index in [4.69, 9.17) is 46.4 Å². The lowest BCUT2D eigenvalue weighted by Crippen LogP contribution is -2.65. The number of halogens is 4. The molecule has 0 bridgehead atoms. The Kier molecular flexibility index (Phi) is 6.79. The van der Waals surface area contributed by atoms with Crippen LogP contribution in [0.4, 0.5) is 5.69 Å². The molecule has 4 aliphatic heterocycles. The van der Waals surface area contributed by atoms with Gasteiger partial charge >= 0.3 is 0 Å². The van der Waals surface area contributed by atoms with E-state index < -0.39 is 11.0 Å². The number of nitrogens with one attached hydrogen (secondary N) is 1. The number of carbonyl (C=O) groups is 2. The van der Waals surface area contributed by atoms with Crippen molar-refractivity contribution in [3.63, 3.8) is 0 Å². The topological polar surface area (TPSA) is 52.7 Å². The molecule has 3 aromatic rings. The van der Waals surface area contributed by atoms with Gasteiger partial charge in [0.15, 0.2) is 5.78 Å². The van der Waals surface area contributed by atoms with E-state index in [0.29, 0.717) is 50.2 Å². The number of likely N-dealkylation sites (tertiary alicyclic amines) is 1. The lowest BCUT2D eigenvalue weighted by molar-refractivity contribution is -0.146. The number of anilines is 1. The van der Waals surface area contributed by atoms with Crippen molar-refractivity contribution in [2.75, 3.05) is 37.1 Å². The summed E-state index contributed by atoms with van der Waals surface area (Å²) >= 11 is 27.8. The number of amides is 1. The lowest BCUT2D eigenvalue weighted by Gasteiger charge is -2.51. The summed E-state index contributed by atoms with van der Waals surface area (Å²) in [5, 5.41) is 5.15. The molecular weight excluding hydrogens is 620 g/mol. The first-order valence-electron chi connectivity index (χ1n) is 13.3. The first kappa shape index (κ1) is 27.8. The van der Waals surface area contributed by atoms with Gasteiger partial charge in [0.2, 0.25) is 0 Å². The molecule has 1 N–H and O–H groups in total. The molecular formula is C31H25Cl4N3O2S. The molecule has 41 heavy (non-hydrogen) atoms. The second-order valence-electron chi connectivity index (χ2n) is 11.2. The molecule has 7 rings (SSSR count). The third-order valence-electron chi connectivity index (χ3n) is 9.05. The second kappa shape index (κ2) is 10.0. The summed E-state index contributed by atoms with van der Waals surface area (Å²) in [6.45, 7) is 0.792. The van der Waals surface area contributed by atoms with Gasteiger partial charge in [-0.15, -0.1) is 11.8 Å². The van der Waals surface area contributed by atoms with Crippen LogP contribution in [0.1, 0.15) is 22.6 Å². The molecule has 4 heterocycles. The van der Waals surface area contributed by atoms with E-state index in [1.165, 1.54) is 0 Å². The van der Waals surface area contributed by atoms with Crippen molar-refractivity contribution >= 4 is 81.6 Å². The molecule has 3 fully saturated rings. The molecule has 0 aliphatic carbocycles. The second-order valence-corrected chi connectivity index (χ2v) is 13.9. The van der Waals surface area contributed by atoms with Crippen LogP contribution in [0, 0.1) is 5.41 Å². The van der Waals surface area contributed by atoms with Crippen LogP contribution in [-0.2, 0) is 15.1 Å². The zero-order valence-corrected chi connectivity index (χ0v) is 25.8. The molecule has 2 spiro atoms. The summed E-state index contributed by atoms with van der Waals surface area (Å²) in [7, 11) is 2.00. The van der Waals surface area contributed by atoms with Crippen molar-refractivity contribution in [1.82, 2.24) is 9.80 Å². The maximum Gasteiger partial charge on any atom is 0.250 e. The highest BCUT2D eigenvalue weighted by Crippen LogP contribution is 2.69. The number of hydrogen-bond donors (Lipinski definition) is 1. The molecule has 0 unspecified atom stereocenters. The maximum atomic E-state index is 15.3. The summed E-state index contributed by atoms with van der Waals surface area (Å²) in [5.74, 6) is 0.769. The monoisotopic (exact) mass is 643 g/mol. The van der Waals surface area contributed by atoms with Gasteiger partial charge in [-0.2, -0.15) is 0 Å². The average molecular weight is 645 g/mol. The summed E-state index contributed by atoms with van der Waals surface area (Å²) in [6.07, 6.45) is 1.85. The van der Waals surface area contributed by atoms with Crippen LogP contribution >= 0.6 is 58.2 Å². The number of para-hydroxylation sites is 1. The molecule has 10 heteroatoms. The Morgan fingerprint density at radius 3 is 2.46 bits per heavy atom. The van der Waals surface area contributed by atoms with Gasteiger partial charge in [0.05, 0.1) is 5.41 Å². The van der Waals surface area contributed by atoms with Crippen LogP contribution in [0.15, 0.2) is 66.2 Å². The van der Waals surface area contributed by atoms with Crippen LogP contribution in [0.3, 0.4) is 0 Å². The predicted octanol–water partition coefficient (Wildman–Crippen LogP) is 7.20. The Balaban J connectivity index is 1.54. The first-order valence-corrected chi connectivity index (χ1v) is 15.9. The van der Waals surface area contributed by atoms with Crippen LogP contribution in [0.25, 0.3) is 6.08 Å². The zero-order valence-electron chi connectivity index (χ0n) is 22.0. The summed E-state index contributed by atoms with van der Waals surface area (Å²) < 4.78 is 0. The first-order chi connectivity index (χ1) is 19.7. The molecule has 0 radical (unpaired) electrons. The predicted molar refractivity (Wildman–Crippen MR) is 168 cm³/mol. The molecule has 0 aromatic heterocycles. The number of ketones is 1. The standard InChI is InChI=1S/C31H25Cl4N3O2S/c1-37-13-18(10-17-6-7-19(32)11-23(17)34)28(39)30(15-37)27(21-9-8-20(33)12-24(21)35)26-14-41-16-38(26)31(30)22-4-2-3-5-25(22)36-29(31)40/h2-12,26-27H,13-16H2,1H3,(H,36,40)/b18-10+/t26-,27+,30-,31-/m0/s1. The highest BCUT2D eigenvalue weighted by atomic mass is 35.5. The van der Waals surface area contributed by atoms with Gasteiger partial charge in [-0.25, -0.2) is 0 Å². The van der Waals surface area contributed by atoms with Crippen molar-refractivity contribution in [3.8, 4) is 0 Å². The third kappa shape index (κ3) is 3.85. The molecule has 3 aromatic carbocycles. The SMILES string of the molecule is CN1C/C(=C\c2ccc(Cl)cc2Cl)C(=O)[C@]2(C1)[C@H](c1ccc(Cl)cc1Cl)[C@@H]1CSCN1[C@@]21C(=O)Nc2ccccc21.